The van der Waals surface area contributed by atoms with Gasteiger partial charge in [0.15, 0.2) is 18.1 Å². The van der Waals surface area contributed by atoms with Crippen molar-refractivity contribution in [1.29, 1.82) is 0 Å². The third-order valence-electron chi connectivity index (χ3n) is 6.17. The third kappa shape index (κ3) is 4.45. The molecule has 4 rings (SSSR count). The SMILES string of the molecule is COc1ccccc1NC(=O)COc1ccc(C(=O)N2CCC3CCCC32)cc1OC. The number of para-hydroxylation sites is 2. The second-order valence-electron chi connectivity index (χ2n) is 7.95. The van der Waals surface area contributed by atoms with Crippen LogP contribution >= 0.6 is 0 Å². The number of hydrogen-bond donors (Lipinski definition) is 1. The van der Waals surface area contributed by atoms with Crippen LogP contribution in [0, 0.1) is 5.92 Å². The van der Waals surface area contributed by atoms with Crippen LogP contribution in [0.5, 0.6) is 17.2 Å². The number of fused-ring (bicyclic) bond motifs is 1. The number of anilines is 1. The number of nitrogens with zero attached hydrogens (tertiary/aromatic N) is 1. The Bertz CT molecular complexity index is 961. The van der Waals surface area contributed by atoms with Gasteiger partial charge in [0.25, 0.3) is 11.8 Å². The summed E-state index contributed by atoms with van der Waals surface area (Å²) in [7, 11) is 3.07. The maximum Gasteiger partial charge on any atom is 0.262 e. The Hall–Kier alpha value is -3.22. The van der Waals surface area contributed by atoms with E-state index < -0.39 is 0 Å². The fourth-order valence-corrected chi connectivity index (χ4v) is 4.65. The first kappa shape index (κ1) is 21.0. The van der Waals surface area contributed by atoms with Crippen LogP contribution in [0.15, 0.2) is 42.5 Å². The van der Waals surface area contributed by atoms with E-state index in [0.717, 1.165) is 19.4 Å². The number of nitrogens with one attached hydrogen (secondary N) is 1. The molecule has 2 aliphatic rings. The fraction of sp³-hybridized carbons (Fsp3) is 0.417. The van der Waals surface area contributed by atoms with Gasteiger partial charge in [-0.15, -0.1) is 0 Å². The van der Waals surface area contributed by atoms with Crippen LogP contribution in [-0.2, 0) is 4.79 Å². The van der Waals surface area contributed by atoms with Crippen molar-refractivity contribution in [3.05, 3.63) is 48.0 Å². The molecule has 2 fully saturated rings. The summed E-state index contributed by atoms with van der Waals surface area (Å²) in [5.41, 5.74) is 1.15. The summed E-state index contributed by atoms with van der Waals surface area (Å²) in [6.07, 6.45) is 4.61. The first-order chi connectivity index (χ1) is 15.1. The lowest BCUT2D eigenvalue weighted by atomic mass is 10.0. The average molecular weight is 424 g/mol. The minimum atomic E-state index is -0.323. The minimum absolute atomic E-state index is 0.0353. The van der Waals surface area contributed by atoms with Crippen molar-refractivity contribution in [2.75, 3.05) is 32.7 Å². The summed E-state index contributed by atoms with van der Waals surface area (Å²) in [6, 6.07) is 12.6. The van der Waals surface area contributed by atoms with Crippen LogP contribution < -0.4 is 19.5 Å². The highest BCUT2D eigenvalue weighted by molar-refractivity contribution is 5.95. The monoisotopic (exact) mass is 424 g/mol. The lowest BCUT2D eigenvalue weighted by Crippen LogP contribution is -2.35. The number of likely N-dealkylation sites (tertiary alicyclic amines) is 1. The molecule has 7 nitrogen and oxygen atoms in total. The Kier molecular flexibility index (Phi) is 6.30. The zero-order valence-electron chi connectivity index (χ0n) is 17.9. The lowest BCUT2D eigenvalue weighted by molar-refractivity contribution is -0.118. The van der Waals surface area contributed by atoms with Crippen LogP contribution in [0.25, 0.3) is 0 Å². The van der Waals surface area contributed by atoms with Gasteiger partial charge < -0.3 is 24.4 Å². The van der Waals surface area contributed by atoms with E-state index in [2.05, 4.69) is 5.32 Å². The first-order valence-corrected chi connectivity index (χ1v) is 10.7. The first-order valence-electron chi connectivity index (χ1n) is 10.7. The molecule has 31 heavy (non-hydrogen) atoms. The Balaban J connectivity index is 1.40. The van der Waals surface area contributed by atoms with Gasteiger partial charge in [-0.05, 0) is 55.5 Å². The highest BCUT2D eigenvalue weighted by atomic mass is 16.5. The molecule has 2 aromatic carbocycles. The second kappa shape index (κ2) is 9.29. The fourth-order valence-electron chi connectivity index (χ4n) is 4.65. The van der Waals surface area contributed by atoms with Crippen LogP contribution in [0.1, 0.15) is 36.0 Å². The number of methoxy groups -OCH3 is 2. The summed E-state index contributed by atoms with van der Waals surface area (Å²) in [4.78, 5) is 27.4. The zero-order valence-corrected chi connectivity index (χ0v) is 17.9. The van der Waals surface area contributed by atoms with E-state index in [1.165, 1.54) is 20.0 Å². The number of amides is 2. The van der Waals surface area contributed by atoms with Gasteiger partial charge >= 0.3 is 0 Å². The maximum absolute atomic E-state index is 13.1. The molecule has 2 atom stereocenters. The van der Waals surface area contributed by atoms with Gasteiger partial charge in [0.1, 0.15) is 5.75 Å². The van der Waals surface area contributed by atoms with E-state index in [9.17, 15) is 9.59 Å². The van der Waals surface area contributed by atoms with E-state index in [1.807, 2.05) is 17.0 Å². The van der Waals surface area contributed by atoms with Gasteiger partial charge in [0.05, 0.1) is 19.9 Å². The normalized spacial score (nSPS) is 19.6. The van der Waals surface area contributed by atoms with E-state index >= 15 is 0 Å². The molecule has 2 unspecified atom stereocenters. The largest absolute Gasteiger partial charge is 0.495 e. The number of ether oxygens (including phenoxy) is 3. The molecule has 164 valence electrons. The highest BCUT2D eigenvalue weighted by Crippen LogP contribution is 2.39. The topological polar surface area (TPSA) is 77.1 Å². The molecule has 1 aliphatic carbocycles. The Morgan fingerprint density at radius 2 is 1.81 bits per heavy atom. The van der Waals surface area contributed by atoms with Crippen molar-refractivity contribution in [2.45, 2.75) is 31.7 Å². The summed E-state index contributed by atoms with van der Waals surface area (Å²) < 4.78 is 16.3. The molecule has 1 N–H and O–H groups in total. The van der Waals surface area contributed by atoms with Crippen molar-refractivity contribution in [2.24, 2.45) is 5.92 Å². The summed E-state index contributed by atoms with van der Waals surface area (Å²) in [5.74, 6) is 1.77. The summed E-state index contributed by atoms with van der Waals surface area (Å²) in [6.45, 7) is 0.620. The van der Waals surface area contributed by atoms with Gasteiger partial charge in [0.2, 0.25) is 0 Å². The molecule has 1 saturated heterocycles. The Labute approximate surface area is 182 Å². The lowest BCUT2D eigenvalue weighted by Gasteiger charge is -2.24. The van der Waals surface area contributed by atoms with Crippen LogP contribution in [-0.4, -0.2) is 50.1 Å². The van der Waals surface area contributed by atoms with E-state index in [0.29, 0.717) is 40.5 Å². The number of benzene rings is 2. The highest BCUT2D eigenvalue weighted by Gasteiger charge is 2.40. The predicted molar refractivity (Wildman–Crippen MR) is 117 cm³/mol. The number of carbonyl (C=O) groups excluding carboxylic acids is 2. The standard InChI is InChI=1S/C24H28N2O5/c1-29-20-9-4-3-7-18(20)25-23(27)15-31-21-11-10-17(14-22(21)30-2)24(28)26-13-12-16-6-5-8-19(16)26/h3-4,7,9-11,14,16,19H,5-6,8,12-13,15H2,1-2H3,(H,25,27). The van der Waals surface area contributed by atoms with Crippen LogP contribution in [0.2, 0.25) is 0 Å². The van der Waals surface area contributed by atoms with E-state index in [4.69, 9.17) is 14.2 Å². The summed E-state index contributed by atoms with van der Waals surface area (Å²) in [5, 5.41) is 2.77. The van der Waals surface area contributed by atoms with Gasteiger partial charge in [-0.2, -0.15) is 0 Å². The van der Waals surface area contributed by atoms with Gasteiger partial charge in [-0.3, -0.25) is 9.59 Å². The molecule has 0 spiro atoms. The molecule has 2 aromatic rings. The van der Waals surface area contributed by atoms with Gasteiger partial charge in [-0.25, -0.2) is 0 Å². The van der Waals surface area contributed by atoms with Crippen LogP contribution in [0.4, 0.5) is 5.69 Å². The minimum Gasteiger partial charge on any atom is -0.495 e. The predicted octanol–water partition coefficient (Wildman–Crippen LogP) is 3.74. The molecule has 0 bridgehead atoms. The molecule has 1 saturated carbocycles. The molecule has 0 radical (unpaired) electrons. The van der Waals surface area contributed by atoms with Crippen molar-refractivity contribution in [3.63, 3.8) is 0 Å². The van der Waals surface area contributed by atoms with E-state index in [-0.39, 0.29) is 18.4 Å². The van der Waals surface area contributed by atoms with Crippen molar-refractivity contribution in [3.8, 4) is 17.2 Å². The average Bonchev–Trinajstić information content (AvgIpc) is 3.41. The smallest absolute Gasteiger partial charge is 0.262 e. The molecule has 1 heterocycles. The third-order valence-corrected chi connectivity index (χ3v) is 6.17. The Morgan fingerprint density at radius 1 is 1.00 bits per heavy atom. The molecular formula is C24H28N2O5. The van der Waals surface area contributed by atoms with Crippen molar-refractivity contribution in [1.82, 2.24) is 4.90 Å². The molecular weight excluding hydrogens is 396 g/mol. The summed E-state index contributed by atoms with van der Waals surface area (Å²) >= 11 is 0. The quantitative estimate of drug-likeness (QED) is 0.733. The van der Waals surface area contributed by atoms with Crippen LogP contribution in [0.3, 0.4) is 0 Å². The molecule has 0 aromatic heterocycles. The van der Waals surface area contributed by atoms with Crippen molar-refractivity contribution < 1.29 is 23.8 Å². The second-order valence-corrected chi connectivity index (χ2v) is 7.95. The van der Waals surface area contributed by atoms with Gasteiger partial charge in [-0.1, -0.05) is 18.6 Å². The number of carbonyl (C=O) groups is 2. The maximum atomic E-state index is 13.1. The number of rotatable bonds is 7. The Morgan fingerprint density at radius 3 is 2.61 bits per heavy atom. The molecule has 7 heteroatoms. The number of hydrogen-bond acceptors (Lipinski definition) is 5. The van der Waals surface area contributed by atoms with Crippen molar-refractivity contribution >= 4 is 17.5 Å². The zero-order chi connectivity index (χ0) is 21.8. The molecule has 1 aliphatic heterocycles. The molecule has 2 amide bonds. The van der Waals surface area contributed by atoms with Gasteiger partial charge in [0, 0.05) is 18.2 Å². The van der Waals surface area contributed by atoms with E-state index in [1.54, 1.807) is 37.4 Å².